The number of aliphatic carboxylic acids is 1. The van der Waals surface area contributed by atoms with Crippen LogP contribution in [0.3, 0.4) is 0 Å². The minimum Gasteiger partial charge on any atom is -0.478 e. The average Bonchev–Trinajstić information content (AvgIpc) is 2.68. The smallest absolute Gasteiger partial charge is 0.478 e. The van der Waals surface area contributed by atoms with Crippen LogP contribution in [0.2, 0.25) is 0 Å². The summed E-state index contributed by atoms with van der Waals surface area (Å²) in [5.41, 5.74) is 3.23. The van der Waals surface area contributed by atoms with E-state index in [0.717, 1.165) is 5.56 Å². The van der Waals surface area contributed by atoms with Gasteiger partial charge >= 0.3 is 18.1 Å². The van der Waals surface area contributed by atoms with Crippen LogP contribution >= 0.6 is 0 Å². The lowest BCUT2D eigenvalue weighted by Crippen LogP contribution is -2.25. The second kappa shape index (κ2) is 11.2. The molecule has 0 heterocycles. The Morgan fingerprint density at radius 2 is 1.44 bits per heavy atom. The van der Waals surface area contributed by atoms with Crippen molar-refractivity contribution in [2.75, 3.05) is 22.7 Å². The Labute approximate surface area is 196 Å². The third kappa shape index (κ3) is 7.37. The van der Waals surface area contributed by atoms with Crippen molar-refractivity contribution in [1.29, 1.82) is 0 Å². The van der Waals surface area contributed by atoms with Gasteiger partial charge in [-0.3, -0.25) is 4.72 Å². The van der Waals surface area contributed by atoms with Gasteiger partial charge in [0.05, 0.1) is 21.8 Å². The van der Waals surface area contributed by atoms with E-state index in [1.165, 1.54) is 12.1 Å². The molecule has 2 aromatic carbocycles. The van der Waals surface area contributed by atoms with Gasteiger partial charge in [-0.05, 0) is 63.9 Å². The molecule has 0 atom stereocenters. The van der Waals surface area contributed by atoms with Crippen molar-refractivity contribution in [2.24, 2.45) is 0 Å². The van der Waals surface area contributed by atoms with E-state index >= 15 is 0 Å². The average molecular weight is 505 g/mol. The molecule has 188 valence electrons. The molecule has 0 saturated carbocycles. The molecule has 0 aromatic heterocycles. The quantitative estimate of drug-likeness (QED) is 0.504. The Bertz CT molecular complexity index is 1140. The van der Waals surface area contributed by atoms with Gasteiger partial charge in [0, 0.05) is 13.1 Å². The number of aromatic carboxylic acids is 1. The van der Waals surface area contributed by atoms with Gasteiger partial charge in [-0.1, -0.05) is 17.7 Å². The van der Waals surface area contributed by atoms with Crippen molar-refractivity contribution in [3.8, 4) is 0 Å². The van der Waals surface area contributed by atoms with Crippen molar-refractivity contribution < 1.29 is 41.4 Å². The lowest BCUT2D eigenvalue weighted by atomic mass is 10.1. The minimum atomic E-state index is -5.08. The minimum absolute atomic E-state index is 0.0287. The second-order valence-corrected chi connectivity index (χ2v) is 8.96. The van der Waals surface area contributed by atoms with Gasteiger partial charge < -0.3 is 15.1 Å². The highest BCUT2D eigenvalue weighted by atomic mass is 32.2. The maximum atomic E-state index is 13.1. The summed E-state index contributed by atoms with van der Waals surface area (Å²) in [6, 6.07) is 8.13. The van der Waals surface area contributed by atoms with E-state index in [1.54, 1.807) is 19.9 Å². The van der Waals surface area contributed by atoms with Crippen LogP contribution < -0.4 is 9.62 Å². The highest BCUT2D eigenvalue weighted by Crippen LogP contribution is 2.31. The first-order chi connectivity index (χ1) is 15.5. The van der Waals surface area contributed by atoms with Gasteiger partial charge in [0.2, 0.25) is 0 Å². The second-order valence-electron chi connectivity index (χ2n) is 7.35. The molecule has 3 N–H and O–H groups in total. The van der Waals surface area contributed by atoms with Crippen molar-refractivity contribution in [3.05, 3.63) is 52.6 Å². The number of carboxylic acids is 2. The van der Waals surface area contributed by atoms with Gasteiger partial charge in [0.15, 0.2) is 0 Å². The summed E-state index contributed by atoms with van der Waals surface area (Å²) in [5, 5.41) is 16.4. The monoisotopic (exact) mass is 504 g/mol. The molecule has 0 bridgehead atoms. The molecule has 34 heavy (non-hydrogen) atoms. The fourth-order valence-corrected chi connectivity index (χ4v) is 4.90. The Kier molecular flexibility index (Phi) is 9.50. The molecule has 8 nitrogen and oxygen atoms in total. The first-order valence-electron chi connectivity index (χ1n) is 10.1. The Morgan fingerprint density at radius 1 is 0.971 bits per heavy atom. The van der Waals surface area contributed by atoms with E-state index in [0.29, 0.717) is 29.9 Å². The van der Waals surface area contributed by atoms with Crippen LogP contribution in [0.5, 0.6) is 0 Å². The number of halogens is 3. The Balaban J connectivity index is 0.000000718. The van der Waals surface area contributed by atoms with Crippen LogP contribution in [0.15, 0.2) is 35.2 Å². The molecule has 0 aliphatic carbocycles. The summed E-state index contributed by atoms with van der Waals surface area (Å²) in [6.07, 6.45) is -5.08. The molecule has 0 aliphatic heterocycles. The number of anilines is 2. The van der Waals surface area contributed by atoms with Crippen molar-refractivity contribution >= 4 is 33.3 Å². The third-order valence-electron chi connectivity index (χ3n) is 4.71. The standard InChI is InChI=1S/C20H26N2O4S.C2HF3O2/c1-6-22(7-2)18-9-8-16(20(23)24)12-17(18)21-27(25,26)19-14(4)10-13(3)11-15(19)5;3-2(4,5)1(6)7/h8-12,21H,6-7H2,1-5H3,(H,23,24);(H,6,7). The molecular weight excluding hydrogens is 477 g/mol. The number of nitrogens with zero attached hydrogens (tertiary/aromatic N) is 1. The fourth-order valence-electron chi connectivity index (χ4n) is 3.38. The van der Waals surface area contributed by atoms with E-state index in [2.05, 4.69) is 4.72 Å². The van der Waals surface area contributed by atoms with E-state index in [4.69, 9.17) is 9.90 Å². The predicted molar refractivity (Wildman–Crippen MR) is 122 cm³/mol. The largest absolute Gasteiger partial charge is 0.490 e. The van der Waals surface area contributed by atoms with Crippen LogP contribution in [0.1, 0.15) is 40.9 Å². The number of nitrogens with one attached hydrogen (secondary N) is 1. The lowest BCUT2D eigenvalue weighted by Gasteiger charge is -2.25. The van der Waals surface area contributed by atoms with E-state index in [9.17, 15) is 31.5 Å². The van der Waals surface area contributed by atoms with Gasteiger partial charge in [-0.25, -0.2) is 18.0 Å². The Hall–Kier alpha value is -3.28. The molecule has 2 aromatic rings. The van der Waals surface area contributed by atoms with E-state index in [-0.39, 0.29) is 16.1 Å². The summed E-state index contributed by atoms with van der Waals surface area (Å²) in [6.45, 7) is 10.7. The molecule has 0 aliphatic rings. The van der Waals surface area contributed by atoms with Gasteiger partial charge in [0.1, 0.15) is 0 Å². The molecular formula is C22H27F3N2O6S. The van der Waals surface area contributed by atoms with Crippen molar-refractivity contribution in [1.82, 2.24) is 0 Å². The van der Waals surface area contributed by atoms with Crippen molar-refractivity contribution in [2.45, 2.75) is 45.7 Å². The van der Waals surface area contributed by atoms with Crippen LogP contribution in [-0.4, -0.2) is 49.8 Å². The summed E-state index contributed by atoms with van der Waals surface area (Å²) in [5.74, 6) is -3.86. The van der Waals surface area contributed by atoms with Gasteiger partial charge in [-0.15, -0.1) is 0 Å². The van der Waals surface area contributed by atoms with E-state index in [1.807, 2.05) is 37.8 Å². The summed E-state index contributed by atoms with van der Waals surface area (Å²) in [7, 11) is -3.88. The highest BCUT2D eigenvalue weighted by molar-refractivity contribution is 7.92. The zero-order chi connectivity index (χ0) is 26.4. The topological polar surface area (TPSA) is 124 Å². The van der Waals surface area contributed by atoms with E-state index < -0.39 is 28.1 Å². The number of hydrogen-bond acceptors (Lipinski definition) is 5. The number of carbonyl (C=O) groups is 2. The number of carboxylic acid groups (broad SMARTS) is 2. The SMILES string of the molecule is CCN(CC)c1ccc(C(=O)O)cc1NS(=O)(=O)c1c(C)cc(C)cc1C.O=C(O)C(F)(F)F. The molecule has 0 amide bonds. The van der Waals surface area contributed by atoms with Gasteiger partial charge in [0.25, 0.3) is 10.0 Å². The normalized spacial score (nSPS) is 11.3. The number of aryl methyl sites for hydroxylation is 3. The molecule has 0 radical (unpaired) electrons. The predicted octanol–water partition coefficient (Wildman–Crippen LogP) is 4.59. The molecule has 0 saturated heterocycles. The lowest BCUT2D eigenvalue weighted by molar-refractivity contribution is -0.192. The molecule has 0 unspecified atom stereocenters. The number of sulfonamides is 1. The summed E-state index contributed by atoms with van der Waals surface area (Å²) < 4.78 is 60.6. The first kappa shape index (κ1) is 28.8. The van der Waals surface area contributed by atoms with Crippen LogP contribution in [-0.2, 0) is 14.8 Å². The maximum absolute atomic E-state index is 13.1. The Morgan fingerprint density at radius 3 is 1.82 bits per heavy atom. The highest BCUT2D eigenvalue weighted by Gasteiger charge is 2.38. The number of rotatable bonds is 7. The zero-order valence-corrected chi connectivity index (χ0v) is 20.1. The van der Waals surface area contributed by atoms with Gasteiger partial charge in [-0.2, -0.15) is 13.2 Å². The maximum Gasteiger partial charge on any atom is 0.490 e. The molecule has 12 heteroatoms. The summed E-state index contributed by atoms with van der Waals surface area (Å²) >= 11 is 0. The van der Waals surface area contributed by atoms with Crippen LogP contribution in [0.25, 0.3) is 0 Å². The first-order valence-corrected chi connectivity index (χ1v) is 11.6. The number of hydrogen-bond donors (Lipinski definition) is 3. The van der Waals surface area contributed by atoms with Crippen LogP contribution in [0.4, 0.5) is 24.5 Å². The molecule has 0 fully saturated rings. The molecule has 2 rings (SSSR count). The third-order valence-corrected chi connectivity index (χ3v) is 6.38. The fraction of sp³-hybridized carbons (Fsp3) is 0.364. The van der Waals surface area contributed by atoms with Crippen molar-refractivity contribution in [3.63, 3.8) is 0 Å². The molecule has 0 spiro atoms. The zero-order valence-electron chi connectivity index (χ0n) is 19.3. The number of alkyl halides is 3. The number of benzene rings is 2. The summed E-state index contributed by atoms with van der Waals surface area (Å²) in [4.78, 5) is 22.5. The van der Waals surface area contributed by atoms with Crippen LogP contribution in [0, 0.1) is 20.8 Å².